The first-order valence-corrected chi connectivity index (χ1v) is 6.53. The first-order chi connectivity index (χ1) is 10.1. The average molecular weight is 289 g/mol. The van der Waals surface area contributed by atoms with Gasteiger partial charge >= 0.3 is 0 Å². The van der Waals surface area contributed by atoms with Crippen LogP contribution in [0.4, 0.5) is 23.5 Å². The highest BCUT2D eigenvalue weighted by atomic mass is 16.5. The van der Waals surface area contributed by atoms with Gasteiger partial charge in [0, 0.05) is 14.1 Å². The minimum atomic E-state index is 0.282. The Hall–Kier alpha value is -2.61. The maximum Gasteiger partial charge on any atom is 0.243 e. The highest BCUT2D eigenvalue weighted by molar-refractivity contribution is 5.63. The number of anilines is 4. The number of ether oxygens (including phenoxy) is 1. The molecular formula is C13H19N7O. The lowest BCUT2D eigenvalue weighted by Gasteiger charge is -2.14. The van der Waals surface area contributed by atoms with E-state index < -0.39 is 0 Å². The summed E-state index contributed by atoms with van der Waals surface area (Å²) in [5.74, 6) is 7.28. The fraction of sp³-hybridized carbons (Fsp3) is 0.308. The van der Waals surface area contributed by atoms with Crippen LogP contribution < -0.4 is 26.2 Å². The van der Waals surface area contributed by atoms with E-state index >= 15 is 0 Å². The van der Waals surface area contributed by atoms with Crippen LogP contribution in [0.5, 0.6) is 5.75 Å². The third-order valence-corrected chi connectivity index (χ3v) is 2.59. The van der Waals surface area contributed by atoms with Crippen LogP contribution in [-0.2, 0) is 0 Å². The van der Waals surface area contributed by atoms with E-state index in [1.54, 1.807) is 4.90 Å². The van der Waals surface area contributed by atoms with Crippen LogP contribution in [0.25, 0.3) is 0 Å². The second kappa shape index (κ2) is 6.71. The van der Waals surface area contributed by atoms with Crippen molar-refractivity contribution >= 4 is 23.5 Å². The normalized spacial score (nSPS) is 10.1. The molecule has 0 atom stereocenters. The summed E-state index contributed by atoms with van der Waals surface area (Å²) in [5, 5.41) is 3.12. The van der Waals surface area contributed by atoms with Crippen LogP contribution in [0.3, 0.4) is 0 Å². The van der Waals surface area contributed by atoms with Crippen molar-refractivity contribution < 1.29 is 4.74 Å². The summed E-state index contributed by atoms with van der Waals surface area (Å²) in [6.07, 6.45) is 0. The van der Waals surface area contributed by atoms with E-state index in [2.05, 4.69) is 25.7 Å². The number of hydrogen-bond donors (Lipinski definition) is 3. The number of benzene rings is 1. The van der Waals surface area contributed by atoms with Crippen molar-refractivity contribution in [3.63, 3.8) is 0 Å². The summed E-state index contributed by atoms with van der Waals surface area (Å²) in [5.41, 5.74) is 3.20. The van der Waals surface area contributed by atoms with E-state index in [1.165, 1.54) is 0 Å². The van der Waals surface area contributed by atoms with Crippen molar-refractivity contribution in [2.24, 2.45) is 5.84 Å². The molecule has 2 rings (SSSR count). The van der Waals surface area contributed by atoms with Gasteiger partial charge in [-0.1, -0.05) is 12.1 Å². The Bertz CT molecular complexity index is 603. The van der Waals surface area contributed by atoms with Crippen LogP contribution in [0.1, 0.15) is 6.92 Å². The standard InChI is InChI=1S/C13H19N7O/c1-4-21-10-8-6-5-7-9(10)15-11-16-12(19-14)18-13(17-11)20(2)3/h5-8H,4,14H2,1-3H3,(H2,15,16,17,18,19). The summed E-state index contributed by atoms with van der Waals surface area (Å²) in [7, 11) is 3.68. The fourth-order valence-electron chi connectivity index (χ4n) is 1.66. The Morgan fingerprint density at radius 3 is 2.52 bits per heavy atom. The summed E-state index contributed by atoms with van der Waals surface area (Å²) >= 11 is 0. The zero-order valence-corrected chi connectivity index (χ0v) is 12.3. The van der Waals surface area contributed by atoms with Crippen LogP contribution in [0, 0.1) is 0 Å². The first kappa shape index (κ1) is 14.8. The number of hydrogen-bond acceptors (Lipinski definition) is 8. The molecule has 4 N–H and O–H groups in total. The molecule has 1 heterocycles. The van der Waals surface area contributed by atoms with Crippen LogP contribution in [-0.4, -0.2) is 35.7 Å². The minimum absolute atomic E-state index is 0.282. The maximum absolute atomic E-state index is 5.56. The molecule has 0 spiro atoms. The molecule has 0 amide bonds. The maximum atomic E-state index is 5.56. The van der Waals surface area contributed by atoms with E-state index in [0.29, 0.717) is 18.5 Å². The second-order valence-electron chi connectivity index (χ2n) is 4.38. The van der Waals surface area contributed by atoms with Crippen LogP contribution >= 0.6 is 0 Å². The highest BCUT2D eigenvalue weighted by Gasteiger charge is 2.09. The number of aromatic nitrogens is 3. The van der Waals surface area contributed by atoms with Gasteiger partial charge in [0.2, 0.25) is 17.8 Å². The predicted octanol–water partition coefficient (Wildman–Crippen LogP) is 1.37. The molecule has 2 aromatic rings. The topological polar surface area (TPSA) is 101 Å². The second-order valence-corrected chi connectivity index (χ2v) is 4.38. The Kier molecular flexibility index (Phi) is 4.72. The zero-order chi connectivity index (χ0) is 15.2. The van der Waals surface area contributed by atoms with Gasteiger partial charge in [0.05, 0.1) is 12.3 Å². The van der Waals surface area contributed by atoms with Gasteiger partial charge in [0.15, 0.2) is 0 Å². The van der Waals surface area contributed by atoms with E-state index in [9.17, 15) is 0 Å². The van der Waals surface area contributed by atoms with Crippen molar-refractivity contribution in [2.75, 3.05) is 36.3 Å². The molecule has 0 radical (unpaired) electrons. The zero-order valence-electron chi connectivity index (χ0n) is 12.3. The van der Waals surface area contributed by atoms with Gasteiger partial charge in [-0.2, -0.15) is 15.0 Å². The Labute approximate surface area is 123 Å². The molecule has 0 saturated carbocycles. The number of hydrazine groups is 1. The quantitative estimate of drug-likeness (QED) is 0.541. The minimum Gasteiger partial charge on any atom is -0.492 e. The molecule has 21 heavy (non-hydrogen) atoms. The number of nitrogens with one attached hydrogen (secondary N) is 2. The highest BCUT2D eigenvalue weighted by Crippen LogP contribution is 2.26. The number of nitrogens with zero attached hydrogens (tertiary/aromatic N) is 4. The lowest BCUT2D eigenvalue weighted by atomic mass is 10.3. The third-order valence-electron chi connectivity index (χ3n) is 2.59. The van der Waals surface area contributed by atoms with Crippen molar-refractivity contribution in [3.8, 4) is 5.75 Å². The van der Waals surface area contributed by atoms with E-state index in [1.807, 2.05) is 45.3 Å². The van der Waals surface area contributed by atoms with E-state index in [0.717, 1.165) is 11.4 Å². The van der Waals surface area contributed by atoms with Gasteiger partial charge in [0.1, 0.15) is 5.75 Å². The molecule has 1 aromatic heterocycles. The average Bonchev–Trinajstić information content (AvgIpc) is 2.49. The van der Waals surface area contributed by atoms with Crippen molar-refractivity contribution in [1.82, 2.24) is 15.0 Å². The van der Waals surface area contributed by atoms with E-state index in [-0.39, 0.29) is 5.95 Å². The Morgan fingerprint density at radius 1 is 1.14 bits per heavy atom. The van der Waals surface area contributed by atoms with Gasteiger partial charge in [0.25, 0.3) is 0 Å². The molecule has 1 aromatic carbocycles. The summed E-state index contributed by atoms with van der Waals surface area (Å²) < 4.78 is 5.56. The van der Waals surface area contributed by atoms with Crippen molar-refractivity contribution in [1.29, 1.82) is 0 Å². The number of para-hydroxylation sites is 2. The molecule has 8 heteroatoms. The van der Waals surface area contributed by atoms with Crippen molar-refractivity contribution in [2.45, 2.75) is 6.92 Å². The Morgan fingerprint density at radius 2 is 1.86 bits per heavy atom. The first-order valence-electron chi connectivity index (χ1n) is 6.53. The fourth-order valence-corrected chi connectivity index (χ4v) is 1.66. The molecule has 112 valence electrons. The molecule has 0 aliphatic heterocycles. The SMILES string of the molecule is CCOc1ccccc1Nc1nc(NN)nc(N(C)C)n1. The molecule has 0 unspecified atom stereocenters. The molecule has 0 aliphatic rings. The van der Waals surface area contributed by atoms with Gasteiger partial charge in [-0.05, 0) is 19.1 Å². The molecule has 0 fully saturated rings. The monoisotopic (exact) mass is 289 g/mol. The lowest BCUT2D eigenvalue weighted by Crippen LogP contribution is -2.18. The summed E-state index contributed by atoms with van der Waals surface area (Å²) in [4.78, 5) is 14.4. The number of nitrogens with two attached hydrogens (primary N) is 1. The molecule has 8 nitrogen and oxygen atoms in total. The third kappa shape index (κ3) is 3.69. The molecular weight excluding hydrogens is 270 g/mol. The molecule has 0 saturated heterocycles. The van der Waals surface area contributed by atoms with E-state index in [4.69, 9.17) is 10.6 Å². The van der Waals surface area contributed by atoms with Crippen LogP contribution in [0.15, 0.2) is 24.3 Å². The summed E-state index contributed by atoms with van der Waals surface area (Å²) in [6, 6.07) is 7.57. The van der Waals surface area contributed by atoms with Gasteiger partial charge in [-0.15, -0.1) is 0 Å². The van der Waals surface area contributed by atoms with Crippen LogP contribution in [0.2, 0.25) is 0 Å². The summed E-state index contributed by atoms with van der Waals surface area (Å²) in [6.45, 7) is 2.51. The number of rotatable bonds is 6. The Balaban J connectivity index is 2.32. The molecule has 0 bridgehead atoms. The predicted molar refractivity (Wildman–Crippen MR) is 82.9 cm³/mol. The molecule has 0 aliphatic carbocycles. The van der Waals surface area contributed by atoms with Gasteiger partial charge < -0.3 is 15.0 Å². The lowest BCUT2D eigenvalue weighted by molar-refractivity contribution is 0.342. The largest absolute Gasteiger partial charge is 0.492 e. The van der Waals surface area contributed by atoms with Gasteiger partial charge in [-0.3, -0.25) is 5.43 Å². The van der Waals surface area contributed by atoms with Crippen molar-refractivity contribution in [3.05, 3.63) is 24.3 Å². The van der Waals surface area contributed by atoms with Gasteiger partial charge in [-0.25, -0.2) is 5.84 Å². The number of nitrogen functional groups attached to an aromatic ring is 1. The smallest absolute Gasteiger partial charge is 0.243 e.